The Hall–Kier alpha value is -1.15. The van der Waals surface area contributed by atoms with Gasteiger partial charge in [0.25, 0.3) is 0 Å². The standard InChI is InChI=1S/C13H18N2/c14-13-9-5-4-6-11(13)10-15-12-7-2-1-3-8-12/h2,4-7,9,11,13H,1,3,8,10,14H2. The third-order valence-electron chi connectivity index (χ3n) is 2.92. The van der Waals surface area contributed by atoms with Crippen LogP contribution in [0.15, 0.2) is 41.4 Å². The van der Waals surface area contributed by atoms with Crippen molar-refractivity contribution >= 4 is 5.71 Å². The van der Waals surface area contributed by atoms with Gasteiger partial charge >= 0.3 is 0 Å². The highest BCUT2D eigenvalue weighted by Crippen LogP contribution is 2.13. The molecule has 0 amide bonds. The minimum Gasteiger partial charge on any atom is -0.324 e. The predicted molar refractivity (Wildman–Crippen MR) is 65.0 cm³/mol. The fourth-order valence-corrected chi connectivity index (χ4v) is 1.91. The third kappa shape index (κ3) is 2.90. The Morgan fingerprint density at radius 1 is 1.33 bits per heavy atom. The topological polar surface area (TPSA) is 38.4 Å². The Morgan fingerprint density at radius 3 is 2.93 bits per heavy atom. The maximum atomic E-state index is 5.97. The molecule has 2 N–H and O–H groups in total. The van der Waals surface area contributed by atoms with Crippen molar-refractivity contribution in [3.63, 3.8) is 0 Å². The summed E-state index contributed by atoms with van der Waals surface area (Å²) in [6, 6.07) is 0.131. The molecule has 2 heteroatoms. The van der Waals surface area contributed by atoms with Crippen LogP contribution in [-0.2, 0) is 0 Å². The van der Waals surface area contributed by atoms with Crippen LogP contribution in [0.4, 0.5) is 0 Å². The van der Waals surface area contributed by atoms with Crippen molar-refractivity contribution in [2.75, 3.05) is 6.54 Å². The highest BCUT2D eigenvalue weighted by Gasteiger charge is 2.13. The number of nitrogens with zero attached hydrogens (tertiary/aromatic N) is 1. The summed E-state index contributed by atoms with van der Waals surface area (Å²) in [6.45, 7) is 0.821. The molecular weight excluding hydrogens is 184 g/mol. The van der Waals surface area contributed by atoms with Crippen molar-refractivity contribution < 1.29 is 0 Å². The van der Waals surface area contributed by atoms with Crippen LogP contribution >= 0.6 is 0 Å². The predicted octanol–water partition coefficient (Wildman–Crippen LogP) is 2.24. The molecule has 0 saturated carbocycles. The molecule has 15 heavy (non-hydrogen) atoms. The van der Waals surface area contributed by atoms with Gasteiger partial charge in [-0.3, -0.25) is 4.99 Å². The highest BCUT2D eigenvalue weighted by molar-refractivity contribution is 5.95. The number of hydrogen-bond acceptors (Lipinski definition) is 2. The number of nitrogens with two attached hydrogens (primary N) is 1. The van der Waals surface area contributed by atoms with Gasteiger partial charge in [-0.1, -0.05) is 30.4 Å². The molecule has 2 atom stereocenters. The first-order valence-corrected chi connectivity index (χ1v) is 5.67. The zero-order valence-corrected chi connectivity index (χ0v) is 8.97. The molecule has 0 aromatic rings. The second-order valence-electron chi connectivity index (χ2n) is 4.14. The van der Waals surface area contributed by atoms with Crippen molar-refractivity contribution in [1.82, 2.24) is 0 Å². The molecule has 0 heterocycles. The smallest absolute Gasteiger partial charge is 0.0473 e. The lowest BCUT2D eigenvalue weighted by molar-refractivity contribution is 0.581. The number of hydrogen-bond donors (Lipinski definition) is 1. The van der Waals surface area contributed by atoms with Gasteiger partial charge in [-0.15, -0.1) is 0 Å². The summed E-state index contributed by atoms with van der Waals surface area (Å²) in [5.41, 5.74) is 7.20. The van der Waals surface area contributed by atoms with E-state index in [2.05, 4.69) is 29.3 Å². The van der Waals surface area contributed by atoms with Gasteiger partial charge in [0.1, 0.15) is 0 Å². The number of allylic oxidation sites excluding steroid dienone is 4. The van der Waals surface area contributed by atoms with Crippen LogP contribution in [-0.4, -0.2) is 18.3 Å². The molecule has 2 aliphatic rings. The number of rotatable bonds is 2. The van der Waals surface area contributed by atoms with Crippen molar-refractivity contribution in [3.8, 4) is 0 Å². The first kappa shape index (κ1) is 10.4. The Morgan fingerprint density at radius 2 is 2.20 bits per heavy atom. The summed E-state index contributed by atoms with van der Waals surface area (Å²) in [5, 5.41) is 0. The van der Waals surface area contributed by atoms with E-state index in [4.69, 9.17) is 5.73 Å². The molecular formula is C13H18N2. The van der Waals surface area contributed by atoms with Gasteiger partial charge in [0.05, 0.1) is 0 Å². The van der Waals surface area contributed by atoms with E-state index in [0.717, 1.165) is 13.0 Å². The Bertz CT molecular complexity index is 323. The van der Waals surface area contributed by atoms with Gasteiger partial charge in [-0.2, -0.15) is 0 Å². The fraction of sp³-hybridized carbons (Fsp3) is 0.462. The van der Waals surface area contributed by atoms with Gasteiger partial charge in [-0.05, 0) is 25.3 Å². The summed E-state index contributed by atoms with van der Waals surface area (Å²) in [4.78, 5) is 4.62. The zero-order chi connectivity index (χ0) is 10.5. The molecule has 0 saturated heterocycles. The molecule has 0 radical (unpaired) electrons. The van der Waals surface area contributed by atoms with E-state index >= 15 is 0 Å². The third-order valence-corrected chi connectivity index (χ3v) is 2.92. The lowest BCUT2D eigenvalue weighted by Crippen LogP contribution is -2.30. The average molecular weight is 202 g/mol. The van der Waals surface area contributed by atoms with Gasteiger partial charge in [-0.25, -0.2) is 0 Å². The maximum Gasteiger partial charge on any atom is 0.0473 e. The lowest BCUT2D eigenvalue weighted by atomic mass is 9.96. The van der Waals surface area contributed by atoms with Crippen LogP contribution in [0.2, 0.25) is 0 Å². The molecule has 2 aliphatic carbocycles. The molecule has 2 nitrogen and oxygen atoms in total. The lowest BCUT2D eigenvalue weighted by Gasteiger charge is -2.18. The summed E-state index contributed by atoms with van der Waals surface area (Å²) >= 11 is 0. The molecule has 0 bridgehead atoms. The molecule has 0 spiro atoms. The van der Waals surface area contributed by atoms with E-state index in [1.807, 2.05) is 12.2 Å². The van der Waals surface area contributed by atoms with Crippen molar-refractivity contribution in [2.24, 2.45) is 16.6 Å². The van der Waals surface area contributed by atoms with Crippen LogP contribution in [0.3, 0.4) is 0 Å². The summed E-state index contributed by atoms with van der Waals surface area (Å²) < 4.78 is 0. The molecule has 2 rings (SSSR count). The van der Waals surface area contributed by atoms with Crippen LogP contribution in [0.1, 0.15) is 19.3 Å². The Balaban J connectivity index is 1.92. The quantitative estimate of drug-likeness (QED) is 0.732. The molecule has 0 aliphatic heterocycles. The largest absolute Gasteiger partial charge is 0.324 e. The van der Waals surface area contributed by atoms with E-state index in [1.54, 1.807) is 0 Å². The summed E-state index contributed by atoms with van der Waals surface area (Å²) in [7, 11) is 0. The second-order valence-corrected chi connectivity index (χ2v) is 4.14. The van der Waals surface area contributed by atoms with E-state index in [0.29, 0.717) is 5.92 Å². The Kier molecular flexibility index (Phi) is 3.51. The Labute approximate surface area is 91.3 Å². The van der Waals surface area contributed by atoms with Crippen LogP contribution in [0, 0.1) is 5.92 Å². The van der Waals surface area contributed by atoms with E-state index in [-0.39, 0.29) is 6.04 Å². The first-order valence-electron chi connectivity index (χ1n) is 5.67. The van der Waals surface area contributed by atoms with Gasteiger partial charge < -0.3 is 5.73 Å². The maximum absolute atomic E-state index is 5.97. The van der Waals surface area contributed by atoms with Gasteiger partial charge in [0.2, 0.25) is 0 Å². The average Bonchev–Trinajstić information content (AvgIpc) is 2.29. The van der Waals surface area contributed by atoms with E-state index in [1.165, 1.54) is 18.6 Å². The van der Waals surface area contributed by atoms with E-state index < -0.39 is 0 Å². The second kappa shape index (κ2) is 5.08. The monoisotopic (exact) mass is 202 g/mol. The summed E-state index contributed by atoms with van der Waals surface area (Å²) in [5.74, 6) is 0.373. The van der Waals surface area contributed by atoms with Crippen LogP contribution in [0.25, 0.3) is 0 Å². The normalized spacial score (nSPS) is 32.5. The minimum absolute atomic E-state index is 0.131. The fourth-order valence-electron chi connectivity index (χ4n) is 1.91. The highest BCUT2D eigenvalue weighted by atomic mass is 14.8. The van der Waals surface area contributed by atoms with Crippen LogP contribution < -0.4 is 5.73 Å². The van der Waals surface area contributed by atoms with Gasteiger partial charge in [0, 0.05) is 24.2 Å². The minimum atomic E-state index is 0.131. The zero-order valence-electron chi connectivity index (χ0n) is 8.97. The molecule has 80 valence electrons. The van der Waals surface area contributed by atoms with Crippen molar-refractivity contribution in [2.45, 2.75) is 25.3 Å². The first-order chi connectivity index (χ1) is 7.36. The molecule has 0 aromatic carbocycles. The summed E-state index contributed by atoms with van der Waals surface area (Å²) in [6.07, 6.45) is 16.2. The number of aliphatic imine (C=N–C) groups is 1. The van der Waals surface area contributed by atoms with Crippen LogP contribution in [0.5, 0.6) is 0 Å². The molecule has 2 unspecified atom stereocenters. The van der Waals surface area contributed by atoms with Crippen molar-refractivity contribution in [1.29, 1.82) is 0 Å². The van der Waals surface area contributed by atoms with Crippen molar-refractivity contribution in [3.05, 3.63) is 36.5 Å². The molecule has 0 aromatic heterocycles. The SMILES string of the molecule is NC1C=CC=CC1CN=C1C=CCCC1. The van der Waals surface area contributed by atoms with Gasteiger partial charge in [0.15, 0.2) is 0 Å². The molecule has 0 fully saturated rings. The van der Waals surface area contributed by atoms with E-state index in [9.17, 15) is 0 Å².